The van der Waals surface area contributed by atoms with Crippen LogP contribution in [0.4, 0.5) is 4.39 Å². The van der Waals surface area contributed by atoms with Gasteiger partial charge in [-0.2, -0.15) is 0 Å². The molecule has 0 spiro atoms. The summed E-state index contributed by atoms with van der Waals surface area (Å²) in [6.07, 6.45) is -4.02. The Morgan fingerprint density at radius 3 is 2.11 bits per heavy atom. The number of hydrogen-bond acceptors (Lipinski definition) is 7. The summed E-state index contributed by atoms with van der Waals surface area (Å²) in [5.41, 5.74) is 16.3. The lowest BCUT2D eigenvalue weighted by molar-refractivity contribution is -0.744. The summed E-state index contributed by atoms with van der Waals surface area (Å²) >= 11 is 0. The van der Waals surface area contributed by atoms with E-state index in [9.17, 15) is 24.6 Å². The van der Waals surface area contributed by atoms with Gasteiger partial charge < -0.3 is 4.74 Å². The number of nitro groups is 2. The maximum Gasteiger partial charge on any atom is 0.473 e. The van der Waals surface area contributed by atoms with E-state index in [2.05, 4.69) is 24.8 Å². The molecule has 0 aliphatic heterocycles. The van der Waals surface area contributed by atoms with Crippen molar-refractivity contribution in [3.63, 3.8) is 0 Å². The Balaban J connectivity index is 4.84. The third-order valence-electron chi connectivity index (χ3n) is 1.76. The second-order valence-corrected chi connectivity index (χ2v) is 2.91. The second-order valence-electron chi connectivity index (χ2n) is 2.91. The summed E-state index contributed by atoms with van der Waals surface area (Å²) in [6.45, 7) is -2.34. The fourth-order valence-electron chi connectivity index (χ4n) is 0.886. The Labute approximate surface area is 103 Å². The van der Waals surface area contributed by atoms with Crippen LogP contribution in [0.5, 0.6) is 0 Å². The minimum Gasteiger partial charge on any atom is -0.357 e. The molecule has 0 heterocycles. The van der Waals surface area contributed by atoms with Crippen molar-refractivity contribution in [1.82, 2.24) is 0 Å². The standard InChI is InChI=1S/C5H7FN8O5/c6-1-3(9-11-7)5(10-12-8)19-2-4(13(15)16)14(17)18/h3-5H,1-2H2. The van der Waals surface area contributed by atoms with Gasteiger partial charge in [-0.3, -0.25) is 24.6 Å². The smallest absolute Gasteiger partial charge is 0.357 e. The average molecular weight is 278 g/mol. The van der Waals surface area contributed by atoms with Crippen LogP contribution >= 0.6 is 0 Å². The predicted octanol–water partition coefficient (Wildman–Crippen LogP) is 1.17. The second kappa shape index (κ2) is 8.41. The first kappa shape index (κ1) is 16.3. The molecule has 14 heteroatoms. The maximum absolute atomic E-state index is 12.5. The molecule has 0 aliphatic rings. The first-order chi connectivity index (χ1) is 8.97. The van der Waals surface area contributed by atoms with Gasteiger partial charge in [0, 0.05) is 9.82 Å². The fraction of sp³-hybridized carbons (Fsp3) is 1.00. The van der Waals surface area contributed by atoms with Crippen molar-refractivity contribution >= 4 is 0 Å². The van der Waals surface area contributed by atoms with Gasteiger partial charge in [-0.15, -0.1) is 0 Å². The van der Waals surface area contributed by atoms with Crippen LogP contribution in [0, 0.1) is 20.2 Å². The molecule has 0 radical (unpaired) electrons. The van der Waals surface area contributed by atoms with Crippen molar-refractivity contribution < 1.29 is 19.0 Å². The number of azide groups is 2. The lowest BCUT2D eigenvalue weighted by atomic mass is 10.3. The molecule has 0 bridgehead atoms. The molecule has 0 amide bonds. The molecule has 13 nitrogen and oxygen atoms in total. The summed E-state index contributed by atoms with van der Waals surface area (Å²) in [6, 6.07) is -1.57. The molecule has 19 heavy (non-hydrogen) atoms. The van der Waals surface area contributed by atoms with Crippen LogP contribution in [-0.2, 0) is 4.74 Å². The molecule has 0 aliphatic carbocycles. The molecule has 0 aromatic heterocycles. The molecule has 0 saturated carbocycles. The Hall–Kier alpha value is -2.69. The normalized spacial score (nSPS) is 12.9. The Kier molecular flexibility index (Phi) is 7.22. The van der Waals surface area contributed by atoms with Gasteiger partial charge in [-0.05, 0) is 11.1 Å². The zero-order valence-electron chi connectivity index (χ0n) is 9.14. The summed E-state index contributed by atoms with van der Waals surface area (Å²) < 4.78 is 17.0. The zero-order valence-corrected chi connectivity index (χ0v) is 9.14. The fourth-order valence-corrected chi connectivity index (χ4v) is 0.886. The molecule has 0 rings (SSSR count). The van der Waals surface area contributed by atoms with Crippen molar-refractivity contribution in [3.05, 3.63) is 41.1 Å². The molecule has 2 atom stereocenters. The molecule has 2 unspecified atom stereocenters. The van der Waals surface area contributed by atoms with Crippen LogP contribution in [-0.4, -0.2) is 41.6 Å². The van der Waals surface area contributed by atoms with Crippen LogP contribution in [0.25, 0.3) is 20.9 Å². The summed E-state index contributed by atoms with van der Waals surface area (Å²) in [5.74, 6) is 0. The number of hydrogen-bond donors (Lipinski definition) is 0. The summed E-state index contributed by atoms with van der Waals surface area (Å²) in [7, 11) is 0. The van der Waals surface area contributed by atoms with Gasteiger partial charge in [0.15, 0.2) is 6.61 Å². The van der Waals surface area contributed by atoms with Crippen molar-refractivity contribution in [2.45, 2.75) is 18.4 Å². The first-order valence-electron chi connectivity index (χ1n) is 4.50. The highest BCUT2D eigenvalue weighted by atomic mass is 19.1. The molecule has 0 saturated heterocycles. The van der Waals surface area contributed by atoms with E-state index in [0.717, 1.165) is 0 Å². The highest BCUT2D eigenvalue weighted by molar-refractivity contribution is 4.75. The van der Waals surface area contributed by atoms with Gasteiger partial charge in [0.25, 0.3) is 0 Å². The van der Waals surface area contributed by atoms with Crippen molar-refractivity contribution in [2.24, 2.45) is 10.2 Å². The van der Waals surface area contributed by atoms with E-state index < -0.39 is 41.6 Å². The van der Waals surface area contributed by atoms with E-state index in [1.54, 1.807) is 0 Å². The monoisotopic (exact) mass is 278 g/mol. The predicted molar refractivity (Wildman–Crippen MR) is 55.6 cm³/mol. The Morgan fingerprint density at radius 2 is 1.74 bits per heavy atom. The van der Waals surface area contributed by atoms with Crippen LogP contribution in [0.15, 0.2) is 10.2 Å². The van der Waals surface area contributed by atoms with E-state index in [-0.39, 0.29) is 0 Å². The van der Waals surface area contributed by atoms with Gasteiger partial charge in [0.2, 0.25) is 0 Å². The lowest BCUT2D eigenvalue weighted by Crippen LogP contribution is -2.37. The van der Waals surface area contributed by atoms with Gasteiger partial charge in [-0.1, -0.05) is 10.2 Å². The van der Waals surface area contributed by atoms with Gasteiger partial charge in [0.1, 0.15) is 12.9 Å². The molecule has 0 fully saturated rings. The Morgan fingerprint density at radius 1 is 1.21 bits per heavy atom. The SMILES string of the molecule is [N-]=[N+]=NC(CF)C(N=[N+]=[N-])OCC([N+](=O)[O-])[N+](=O)[O-]. The topological polar surface area (TPSA) is 193 Å². The number of ether oxygens (including phenoxy) is 1. The number of halogens is 1. The third-order valence-corrected chi connectivity index (χ3v) is 1.76. The molecular formula is C5H7FN8O5. The maximum atomic E-state index is 12.5. The van der Waals surface area contributed by atoms with Crippen LogP contribution < -0.4 is 0 Å². The first-order valence-corrected chi connectivity index (χ1v) is 4.50. The molecule has 104 valence electrons. The van der Waals surface area contributed by atoms with E-state index in [0.29, 0.717) is 0 Å². The lowest BCUT2D eigenvalue weighted by Gasteiger charge is -2.15. The average Bonchev–Trinajstić information content (AvgIpc) is 2.34. The quantitative estimate of drug-likeness (QED) is 0.152. The minimum atomic E-state index is -2.30. The summed E-state index contributed by atoms with van der Waals surface area (Å²) in [4.78, 5) is 22.7. The van der Waals surface area contributed by atoms with Crippen LogP contribution in [0.1, 0.15) is 0 Å². The van der Waals surface area contributed by atoms with Crippen LogP contribution in [0.2, 0.25) is 0 Å². The third kappa shape index (κ3) is 5.45. The summed E-state index contributed by atoms with van der Waals surface area (Å²) in [5, 5.41) is 26.4. The highest BCUT2D eigenvalue weighted by Gasteiger charge is 2.34. The molecular weight excluding hydrogens is 271 g/mol. The van der Waals surface area contributed by atoms with E-state index in [1.165, 1.54) is 0 Å². The van der Waals surface area contributed by atoms with E-state index in [4.69, 9.17) is 11.1 Å². The largest absolute Gasteiger partial charge is 0.473 e. The highest BCUT2D eigenvalue weighted by Crippen LogP contribution is 2.09. The van der Waals surface area contributed by atoms with Crippen molar-refractivity contribution in [1.29, 1.82) is 0 Å². The Bertz CT molecular complexity index is 417. The molecule has 0 aromatic carbocycles. The van der Waals surface area contributed by atoms with Gasteiger partial charge >= 0.3 is 6.17 Å². The molecule has 0 aromatic rings. The van der Waals surface area contributed by atoms with Crippen molar-refractivity contribution in [2.75, 3.05) is 13.3 Å². The molecule has 0 N–H and O–H groups in total. The number of rotatable bonds is 9. The van der Waals surface area contributed by atoms with E-state index >= 15 is 0 Å². The van der Waals surface area contributed by atoms with E-state index in [1.807, 2.05) is 0 Å². The number of nitrogens with zero attached hydrogens (tertiary/aromatic N) is 8. The van der Waals surface area contributed by atoms with Gasteiger partial charge in [-0.25, -0.2) is 0 Å². The number of alkyl halides is 1. The van der Waals surface area contributed by atoms with Gasteiger partial charge in [0.05, 0.1) is 15.9 Å². The zero-order chi connectivity index (χ0) is 14.8. The van der Waals surface area contributed by atoms with Crippen LogP contribution in [0.3, 0.4) is 0 Å². The minimum absolute atomic E-state index is 1.07. The van der Waals surface area contributed by atoms with Crippen molar-refractivity contribution in [3.8, 4) is 0 Å².